The van der Waals surface area contributed by atoms with Crippen molar-refractivity contribution in [2.75, 3.05) is 20.3 Å². The molecule has 1 aliphatic carbocycles. The lowest BCUT2D eigenvalue weighted by Crippen LogP contribution is -2.46. The number of aromatic nitrogens is 3. The van der Waals surface area contributed by atoms with Crippen LogP contribution in [0.3, 0.4) is 0 Å². The summed E-state index contributed by atoms with van der Waals surface area (Å²) in [5.41, 5.74) is 0.666. The monoisotopic (exact) mass is 595 g/mol. The molecule has 12 heteroatoms. The predicted octanol–water partition coefficient (Wildman–Crippen LogP) is 4.56. The molecule has 4 heterocycles. The molecule has 11 nitrogen and oxygen atoms in total. The van der Waals surface area contributed by atoms with Crippen LogP contribution in [0.25, 0.3) is 21.0 Å². The van der Waals surface area contributed by atoms with E-state index in [1.807, 2.05) is 31.2 Å². The molecule has 6 rings (SSSR count). The van der Waals surface area contributed by atoms with Gasteiger partial charge in [0.05, 0.1) is 36.2 Å². The van der Waals surface area contributed by atoms with Gasteiger partial charge in [0, 0.05) is 31.2 Å². The lowest BCUT2D eigenvalue weighted by Gasteiger charge is -2.35. The summed E-state index contributed by atoms with van der Waals surface area (Å²) in [5, 5.41) is 9.66. The van der Waals surface area contributed by atoms with Crippen LogP contribution in [0.1, 0.15) is 55.4 Å². The maximum absolute atomic E-state index is 14.3. The fourth-order valence-electron chi connectivity index (χ4n) is 6.07. The van der Waals surface area contributed by atoms with Crippen molar-refractivity contribution in [1.29, 1.82) is 0 Å². The Morgan fingerprint density at radius 1 is 1.21 bits per heavy atom. The van der Waals surface area contributed by atoms with Gasteiger partial charge >= 0.3 is 11.7 Å². The van der Waals surface area contributed by atoms with Gasteiger partial charge < -0.3 is 23.7 Å². The Bertz CT molecular complexity index is 1690. The van der Waals surface area contributed by atoms with E-state index in [1.165, 1.54) is 22.2 Å². The summed E-state index contributed by atoms with van der Waals surface area (Å²) in [6.45, 7) is 3.18. The number of carboxylic acids is 1. The molecule has 3 aromatic heterocycles. The molecule has 0 bridgehead atoms. The lowest BCUT2D eigenvalue weighted by atomic mass is 9.78. The summed E-state index contributed by atoms with van der Waals surface area (Å²) < 4.78 is 26.4. The summed E-state index contributed by atoms with van der Waals surface area (Å²) in [5.74, 6) is 0.0643. The number of fused-ring (bicyclic) bond motifs is 1. The number of aliphatic carboxylic acids is 1. The molecule has 1 saturated carbocycles. The van der Waals surface area contributed by atoms with Crippen LogP contribution < -0.4 is 16.0 Å². The second-order valence-corrected chi connectivity index (χ2v) is 11.9. The molecule has 1 atom stereocenters. The van der Waals surface area contributed by atoms with Crippen molar-refractivity contribution in [3.63, 3.8) is 0 Å². The lowest BCUT2D eigenvalue weighted by molar-refractivity contribution is -0.139. The number of nitrogens with zero attached hydrogens (tertiary/aromatic N) is 3. The van der Waals surface area contributed by atoms with E-state index in [9.17, 15) is 19.5 Å². The van der Waals surface area contributed by atoms with Crippen molar-refractivity contribution in [3.05, 3.63) is 68.7 Å². The van der Waals surface area contributed by atoms with Crippen LogP contribution in [-0.2, 0) is 20.8 Å². The number of hydrogen-bond acceptors (Lipinski definition) is 9. The predicted molar refractivity (Wildman–Crippen MR) is 155 cm³/mol. The van der Waals surface area contributed by atoms with Crippen molar-refractivity contribution in [2.24, 2.45) is 5.92 Å². The number of carbonyl (C=O) groups is 1. The third-order valence-electron chi connectivity index (χ3n) is 8.27. The highest BCUT2D eigenvalue weighted by molar-refractivity contribution is 7.22. The number of thiophene rings is 1. The average molecular weight is 596 g/mol. The Hall–Kier alpha value is -3.74. The molecular weight excluding hydrogens is 562 g/mol. The van der Waals surface area contributed by atoms with Gasteiger partial charge in [0.15, 0.2) is 0 Å². The molecule has 1 saturated heterocycles. The molecule has 2 fully saturated rings. The van der Waals surface area contributed by atoms with Crippen LogP contribution in [0.15, 0.2) is 50.7 Å². The van der Waals surface area contributed by atoms with E-state index in [0.717, 1.165) is 18.4 Å². The Kier molecular flexibility index (Phi) is 8.02. The van der Waals surface area contributed by atoms with Gasteiger partial charge in [0.25, 0.3) is 5.56 Å². The number of aryl methyl sites for hydroxylation is 1. The number of oxazole rings is 1. The summed E-state index contributed by atoms with van der Waals surface area (Å²) in [6.07, 6.45) is 4.79. The minimum absolute atomic E-state index is 0.0162. The van der Waals surface area contributed by atoms with Gasteiger partial charge in [-0.25, -0.2) is 9.78 Å². The average Bonchev–Trinajstić information content (AvgIpc) is 3.62. The number of benzene rings is 1. The summed E-state index contributed by atoms with van der Waals surface area (Å²) in [6, 6.07) is 7.21. The maximum atomic E-state index is 14.3. The first-order valence-electron chi connectivity index (χ1n) is 14.1. The molecule has 42 heavy (non-hydrogen) atoms. The molecule has 1 aromatic carbocycles. The van der Waals surface area contributed by atoms with Crippen LogP contribution >= 0.6 is 11.3 Å². The summed E-state index contributed by atoms with van der Waals surface area (Å²) >= 11 is 1.29. The minimum atomic E-state index is -0.882. The van der Waals surface area contributed by atoms with Gasteiger partial charge in [-0.15, -0.1) is 11.3 Å². The van der Waals surface area contributed by atoms with Crippen molar-refractivity contribution >= 4 is 27.5 Å². The van der Waals surface area contributed by atoms with Crippen molar-refractivity contribution in [2.45, 2.75) is 63.8 Å². The Morgan fingerprint density at radius 3 is 2.67 bits per heavy atom. The minimum Gasteiger partial charge on any atom is -0.496 e. The number of rotatable bonds is 10. The first-order valence-corrected chi connectivity index (χ1v) is 14.9. The van der Waals surface area contributed by atoms with Crippen LogP contribution in [0, 0.1) is 12.8 Å². The molecular formula is C30H33N3O8S. The van der Waals surface area contributed by atoms with Crippen molar-refractivity contribution < 1.29 is 28.5 Å². The number of methoxy groups -OCH3 is 1. The maximum Gasteiger partial charge on any atom is 0.332 e. The number of carboxylic acid groups (broad SMARTS) is 1. The number of para-hydroxylation sites is 1. The van der Waals surface area contributed by atoms with E-state index in [-0.39, 0.29) is 36.6 Å². The van der Waals surface area contributed by atoms with Crippen LogP contribution in [-0.4, -0.2) is 51.6 Å². The van der Waals surface area contributed by atoms with Gasteiger partial charge in [-0.2, -0.15) is 0 Å². The zero-order valence-corrected chi connectivity index (χ0v) is 24.3. The second-order valence-electron chi connectivity index (χ2n) is 10.9. The molecule has 0 spiro atoms. The molecule has 0 amide bonds. The first-order chi connectivity index (χ1) is 20.4. The van der Waals surface area contributed by atoms with E-state index in [0.29, 0.717) is 58.4 Å². The summed E-state index contributed by atoms with van der Waals surface area (Å²) in [7, 11) is 1.60. The molecule has 222 valence electrons. The van der Waals surface area contributed by atoms with Gasteiger partial charge in [-0.05, 0) is 50.2 Å². The Balaban J connectivity index is 1.49. The summed E-state index contributed by atoms with van der Waals surface area (Å²) in [4.78, 5) is 45.0. The normalized spacial score (nSPS) is 20.0. The third-order valence-corrected chi connectivity index (χ3v) is 9.57. The molecule has 0 unspecified atom stereocenters. The van der Waals surface area contributed by atoms with Gasteiger partial charge in [-0.1, -0.05) is 18.2 Å². The number of hydrogen-bond donors (Lipinski definition) is 1. The van der Waals surface area contributed by atoms with E-state index in [4.69, 9.17) is 18.6 Å². The topological polar surface area (TPSA) is 135 Å². The fourth-order valence-corrected chi connectivity index (χ4v) is 7.31. The van der Waals surface area contributed by atoms with Crippen LogP contribution in [0.2, 0.25) is 0 Å². The highest BCUT2D eigenvalue weighted by atomic mass is 32.1. The second kappa shape index (κ2) is 11.9. The Labute approximate surface area is 245 Å². The Morgan fingerprint density at radius 2 is 1.98 bits per heavy atom. The third kappa shape index (κ3) is 5.30. The zero-order chi connectivity index (χ0) is 29.4. The van der Waals surface area contributed by atoms with Crippen LogP contribution in [0.5, 0.6) is 5.75 Å². The van der Waals surface area contributed by atoms with E-state index in [1.54, 1.807) is 17.9 Å². The van der Waals surface area contributed by atoms with Gasteiger partial charge in [0.2, 0.25) is 5.89 Å². The smallest absolute Gasteiger partial charge is 0.332 e. The fraction of sp³-hybridized carbons (Fsp3) is 0.467. The van der Waals surface area contributed by atoms with Gasteiger partial charge in [-0.3, -0.25) is 18.7 Å². The van der Waals surface area contributed by atoms with Crippen LogP contribution in [0.4, 0.5) is 0 Å². The molecule has 2 aliphatic rings. The standard InChI is InChI=1S/C30H33N3O8S/c1-17-25-28(36)33(19-13-18(14-19)15-24(34)35)30(37)32(29(25)42-26(17)27-31-9-12-40-27)16-23(41-20-7-10-39-11-8-20)21-5-3-4-6-22(21)38-2/h3-6,9,12,18-20,23H,7-8,10-11,13-16H2,1-2H3,(H,34,35)/t18-,19+,23-/m0/s1. The largest absolute Gasteiger partial charge is 0.496 e. The zero-order valence-electron chi connectivity index (χ0n) is 23.5. The molecule has 1 N–H and O–H groups in total. The van der Waals surface area contributed by atoms with Crippen molar-refractivity contribution in [1.82, 2.24) is 14.1 Å². The molecule has 1 aliphatic heterocycles. The SMILES string of the molecule is COc1ccccc1[C@H](Cn1c(=O)n([C@H]2C[C@@H](CC(=O)O)C2)c(=O)c2c(C)c(-c3ncco3)sc21)OC1CCOCC1. The van der Waals surface area contributed by atoms with Crippen molar-refractivity contribution in [3.8, 4) is 16.5 Å². The quantitative estimate of drug-likeness (QED) is 0.280. The first kappa shape index (κ1) is 28.4. The van der Waals surface area contributed by atoms with Gasteiger partial charge in [0.1, 0.15) is 22.9 Å². The van der Waals surface area contributed by atoms with E-state index >= 15 is 0 Å². The number of ether oxygens (including phenoxy) is 3. The molecule has 0 radical (unpaired) electrons. The highest BCUT2D eigenvalue weighted by Crippen LogP contribution is 2.41. The van der Waals surface area contributed by atoms with E-state index < -0.39 is 17.8 Å². The van der Waals surface area contributed by atoms with E-state index in [2.05, 4.69) is 4.98 Å². The highest BCUT2D eigenvalue weighted by Gasteiger charge is 2.36. The molecule has 4 aromatic rings.